The number of hydrogen-bond acceptors (Lipinski definition) is 5. The second-order valence-corrected chi connectivity index (χ2v) is 6.55. The van der Waals surface area contributed by atoms with Crippen molar-refractivity contribution in [1.82, 2.24) is 14.8 Å². The first-order valence-corrected chi connectivity index (χ1v) is 8.95. The Kier molecular flexibility index (Phi) is 5.59. The van der Waals surface area contributed by atoms with Crippen molar-refractivity contribution in [3.05, 3.63) is 53.6 Å². The standard InChI is InChI=1S/C18H15ClN4OS/c1-24-14-9-7-13(8-10-14)23-17(15-5-2-3-6-16(15)19)21-22-18(23)25-12-4-11-20/h2-3,5-10H,4,12H2,1H3. The SMILES string of the molecule is COc1ccc(-n2c(SCCC#N)nnc2-c2ccccc2Cl)cc1. The fraction of sp³-hybridized carbons (Fsp3) is 0.167. The van der Waals surface area contributed by atoms with Gasteiger partial charge in [0.05, 0.1) is 18.2 Å². The van der Waals surface area contributed by atoms with Crippen molar-refractivity contribution in [2.45, 2.75) is 11.6 Å². The van der Waals surface area contributed by atoms with Crippen LogP contribution in [0.5, 0.6) is 5.75 Å². The molecule has 0 radical (unpaired) electrons. The zero-order chi connectivity index (χ0) is 17.6. The van der Waals surface area contributed by atoms with Gasteiger partial charge in [0, 0.05) is 23.4 Å². The Morgan fingerprint density at radius 1 is 1.16 bits per heavy atom. The number of hydrogen-bond donors (Lipinski definition) is 0. The minimum Gasteiger partial charge on any atom is -0.497 e. The Bertz CT molecular complexity index is 902. The van der Waals surface area contributed by atoms with Gasteiger partial charge in [0.25, 0.3) is 0 Å². The average Bonchev–Trinajstić information content (AvgIpc) is 3.06. The molecule has 7 heteroatoms. The van der Waals surface area contributed by atoms with Crippen LogP contribution in [0.1, 0.15) is 6.42 Å². The van der Waals surface area contributed by atoms with Crippen LogP contribution in [-0.2, 0) is 0 Å². The molecule has 3 aromatic rings. The summed E-state index contributed by atoms with van der Waals surface area (Å²) in [7, 11) is 1.63. The van der Waals surface area contributed by atoms with Gasteiger partial charge in [0.15, 0.2) is 11.0 Å². The summed E-state index contributed by atoms with van der Waals surface area (Å²) in [6.07, 6.45) is 0.446. The highest BCUT2D eigenvalue weighted by molar-refractivity contribution is 7.99. The molecule has 1 heterocycles. The molecule has 0 fully saturated rings. The zero-order valence-corrected chi connectivity index (χ0v) is 15.1. The van der Waals surface area contributed by atoms with Crippen LogP contribution in [0.3, 0.4) is 0 Å². The molecule has 0 unspecified atom stereocenters. The molecule has 3 rings (SSSR count). The molecule has 0 atom stereocenters. The van der Waals surface area contributed by atoms with E-state index in [9.17, 15) is 0 Å². The van der Waals surface area contributed by atoms with Gasteiger partial charge in [0.2, 0.25) is 0 Å². The first kappa shape index (κ1) is 17.3. The average molecular weight is 371 g/mol. The van der Waals surface area contributed by atoms with Gasteiger partial charge in [-0.15, -0.1) is 10.2 Å². The van der Waals surface area contributed by atoms with Crippen molar-refractivity contribution in [2.75, 3.05) is 12.9 Å². The molecule has 0 spiro atoms. The van der Waals surface area contributed by atoms with Gasteiger partial charge in [-0.3, -0.25) is 4.57 Å². The molecule has 0 amide bonds. The maximum Gasteiger partial charge on any atom is 0.196 e. The molecule has 0 aliphatic carbocycles. The molecule has 0 saturated carbocycles. The molecule has 0 aliphatic rings. The number of nitriles is 1. The summed E-state index contributed by atoms with van der Waals surface area (Å²) in [5.74, 6) is 2.08. The van der Waals surface area contributed by atoms with E-state index < -0.39 is 0 Å². The van der Waals surface area contributed by atoms with Crippen LogP contribution in [0.4, 0.5) is 0 Å². The topological polar surface area (TPSA) is 63.7 Å². The predicted molar refractivity (Wildman–Crippen MR) is 99.3 cm³/mol. The molecular formula is C18H15ClN4OS. The van der Waals surface area contributed by atoms with Crippen LogP contribution in [0.2, 0.25) is 5.02 Å². The quantitative estimate of drug-likeness (QED) is 0.468. The number of nitrogens with zero attached hydrogens (tertiary/aromatic N) is 4. The Morgan fingerprint density at radius 2 is 1.92 bits per heavy atom. The fourth-order valence-corrected chi connectivity index (χ4v) is 3.35. The van der Waals surface area contributed by atoms with Crippen LogP contribution in [0, 0.1) is 11.3 Å². The first-order chi connectivity index (χ1) is 12.2. The molecule has 0 aliphatic heterocycles. The summed E-state index contributed by atoms with van der Waals surface area (Å²) in [5, 5.41) is 18.7. The third kappa shape index (κ3) is 3.78. The second kappa shape index (κ2) is 8.06. The summed E-state index contributed by atoms with van der Waals surface area (Å²) in [6, 6.07) is 17.3. The van der Waals surface area contributed by atoms with Gasteiger partial charge in [-0.05, 0) is 36.4 Å². The van der Waals surface area contributed by atoms with Crippen LogP contribution < -0.4 is 4.74 Å². The van der Waals surface area contributed by atoms with E-state index >= 15 is 0 Å². The normalized spacial score (nSPS) is 10.4. The lowest BCUT2D eigenvalue weighted by Gasteiger charge is -2.11. The first-order valence-electron chi connectivity index (χ1n) is 7.59. The summed E-state index contributed by atoms with van der Waals surface area (Å²) < 4.78 is 7.17. The van der Waals surface area contributed by atoms with Gasteiger partial charge in [0.1, 0.15) is 5.75 Å². The van der Waals surface area contributed by atoms with E-state index in [2.05, 4.69) is 16.3 Å². The van der Waals surface area contributed by atoms with E-state index in [1.165, 1.54) is 11.8 Å². The van der Waals surface area contributed by atoms with E-state index in [4.69, 9.17) is 21.6 Å². The van der Waals surface area contributed by atoms with Crippen LogP contribution in [0.15, 0.2) is 53.7 Å². The predicted octanol–water partition coefficient (Wildman–Crippen LogP) is 4.60. The third-order valence-corrected chi connectivity index (χ3v) is 4.78. The van der Waals surface area contributed by atoms with Gasteiger partial charge in [-0.1, -0.05) is 35.5 Å². The number of thioether (sulfide) groups is 1. The maximum absolute atomic E-state index is 8.77. The van der Waals surface area contributed by atoms with Gasteiger partial charge >= 0.3 is 0 Å². The highest BCUT2D eigenvalue weighted by Gasteiger charge is 2.17. The monoisotopic (exact) mass is 370 g/mol. The second-order valence-electron chi connectivity index (χ2n) is 5.08. The summed E-state index contributed by atoms with van der Waals surface area (Å²) >= 11 is 7.84. The molecule has 0 saturated heterocycles. The molecule has 0 bridgehead atoms. The fourth-order valence-electron chi connectivity index (χ4n) is 2.33. The van der Waals surface area contributed by atoms with E-state index in [1.807, 2.05) is 53.1 Å². The van der Waals surface area contributed by atoms with Crippen LogP contribution >= 0.6 is 23.4 Å². The van der Waals surface area contributed by atoms with Gasteiger partial charge in [-0.25, -0.2) is 0 Å². The van der Waals surface area contributed by atoms with Gasteiger partial charge in [-0.2, -0.15) is 5.26 Å². The van der Waals surface area contributed by atoms with Crippen LogP contribution in [-0.4, -0.2) is 27.6 Å². The number of ether oxygens (including phenoxy) is 1. The molecule has 0 N–H and O–H groups in total. The highest BCUT2D eigenvalue weighted by Crippen LogP contribution is 2.32. The largest absolute Gasteiger partial charge is 0.497 e. The van der Waals surface area contributed by atoms with Crippen molar-refractivity contribution >= 4 is 23.4 Å². The minimum absolute atomic E-state index is 0.446. The van der Waals surface area contributed by atoms with E-state index in [-0.39, 0.29) is 0 Å². The Balaban J connectivity index is 2.09. The van der Waals surface area contributed by atoms with E-state index in [0.29, 0.717) is 23.0 Å². The number of rotatable bonds is 6. The Labute approximate surface area is 155 Å². The lowest BCUT2D eigenvalue weighted by molar-refractivity contribution is 0.414. The minimum atomic E-state index is 0.446. The smallest absolute Gasteiger partial charge is 0.196 e. The molecular weight excluding hydrogens is 356 g/mol. The molecule has 5 nitrogen and oxygen atoms in total. The maximum atomic E-state index is 8.77. The number of methoxy groups -OCH3 is 1. The summed E-state index contributed by atoms with van der Waals surface area (Å²) in [4.78, 5) is 0. The number of aromatic nitrogens is 3. The van der Waals surface area contributed by atoms with E-state index in [1.54, 1.807) is 7.11 Å². The number of benzene rings is 2. The van der Waals surface area contributed by atoms with Crippen molar-refractivity contribution < 1.29 is 4.74 Å². The van der Waals surface area contributed by atoms with Crippen molar-refractivity contribution in [3.8, 4) is 28.9 Å². The van der Waals surface area contributed by atoms with Crippen molar-refractivity contribution in [3.63, 3.8) is 0 Å². The van der Waals surface area contributed by atoms with Crippen LogP contribution in [0.25, 0.3) is 17.1 Å². The third-order valence-electron chi connectivity index (χ3n) is 3.52. The Morgan fingerprint density at radius 3 is 2.60 bits per heavy atom. The summed E-state index contributed by atoms with van der Waals surface area (Å²) in [5.41, 5.74) is 1.71. The van der Waals surface area contributed by atoms with E-state index in [0.717, 1.165) is 22.2 Å². The summed E-state index contributed by atoms with van der Waals surface area (Å²) in [6.45, 7) is 0. The molecule has 126 valence electrons. The van der Waals surface area contributed by atoms with Crippen molar-refractivity contribution in [2.24, 2.45) is 0 Å². The molecule has 2 aromatic carbocycles. The molecule has 1 aromatic heterocycles. The Hall–Kier alpha value is -2.49. The zero-order valence-electron chi connectivity index (χ0n) is 13.5. The van der Waals surface area contributed by atoms with Crippen molar-refractivity contribution in [1.29, 1.82) is 5.26 Å². The highest BCUT2D eigenvalue weighted by atomic mass is 35.5. The number of halogens is 1. The lowest BCUT2D eigenvalue weighted by Crippen LogP contribution is -2.00. The van der Waals surface area contributed by atoms with Gasteiger partial charge < -0.3 is 4.74 Å². The lowest BCUT2D eigenvalue weighted by atomic mass is 10.2. The molecule has 25 heavy (non-hydrogen) atoms.